The van der Waals surface area contributed by atoms with Crippen molar-refractivity contribution in [2.75, 3.05) is 0 Å². The minimum absolute atomic E-state index is 0.708. The van der Waals surface area contributed by atoms with Crippen molar-refractivity contribution in [2.24, 2.45) is 4.99 Å². The van der Waals surface area contributed by atoms with Gasteiger partial charge in [0.15, 0.2) is 0 Å². The van der Waals surface area contributed by atoms with Crippen molar-refractivity contribution in [1.82, 2.24) is 0 Å². The van der Waals surface area contributed by atoms with E-state index >= 15 is 0 Å². The number of benzene rings is 2. The van der Waals surface area contributed by atoms with Crippen LogP contribution in [0.3, 0.4) is 0 Å². The van der Waals surface area contributed by atoms with Gasteiger partial charge in [0.05, 0.1) is 5.69 Å². The van der Waals surface area contributed by atoms with Crippen LogP contribution in [-0.4, -0.2) is 6.21 Å². The first kappa shape index (κ1) is 10.4. The minimum atomic E-state index is 0.708. The van der Waals surface area contributed by atoms with Crippen molar-refractivity contribution in [1.29, 1.82) is 0 Å². The van der Waals surface area contributed by atoms with E-state index in [4.69, 9.17) is 16.3 Å². The van der Waals surface area contributed by atoms with Crippen LogP contribution in [-0.2, 0) is 6.42 Å². The van der Waals surface area contributed by atoms with Gasteiger partial charge in [-0.15, -0.1) is 0 Å². The van der Waals surface area contributed by atoms with Gasteiger partial charge in [-0.2, -0.15) is 0 Å². The van der Waals surface area contributed by atoms with Crippen LogP contribution in [0, 0.1) is 0 Å². The van der Waals surface area contributed by atoms with Gasteiger partial charge in [0.2, 0.25) is 0 Å². The molecule has 2 aromatic rings. The topological polar surface area (TPSA) is 21.6 Å². The highest BCUT2D eigenvalue weighted by Crippen LogP contribution is 2.30. The fourth-order valence-corrected chi connectivity index (χ4v) is 1.92. The molecule has 0 bridgehead atoms. The average Bonchev–Trinajstić information content (AvgIpc) is 2.79. The number of ether oxygens (including phenoxy) is 1. The molecule has 0 saturated heterocycles. The molecular formula is C14H10ClNO. The highest BCUT2D eigenvalue weighted by atomic mass is 35.5. The summed E-state index contributed by atoms with van der Waals surface area (Å²) in [6, 6.07) is 13.3. The van der Waals surface area contributed by atoms with E-state index in [9.17, 15) is 0 Å². The van der Waals surface area contributed by atoms with Crippen LogP contribution in [0.15, 0.2) is 47.5 Å². The van der Waals surface area contributed by atoms with Gasteiger partial charge in [0.25, 0.3) is 0 Å². The summed E-state index contributed by atoms with van der Waals surface area (Å²) >= 11 is 5.82. The summed E-state index contributed by atoms with van der Waals surface area (Å²) < 4.78 is 5.74. The van der Waals surface area contributed by atoms with Crippen LogP contribution in [0.2, 0.25) is 5.02 Å². The maximum Gasteiger partial charge on any atom is 0.127 e. The number of aliphatic imine (C=N–C) groups is 1. The van der Waals surface area contributed by atoms with Crippen molar-refractivity contribution < 1.29 is 4.74 Å². The van der Waals surface area contributed by atoms with E-state index in [1.165, 1.54) is 5.56 Å². The van der Waals surface area contributed by atoms with Gasteiger partial charge in [-0.25, -0.2) is 0 Å². The largest absolute Gasteiger partial charge is 0.457 e. The first-order chi connectivity index (χ1) is 8.31. The number of halogens is 1. The molecule has 2 nitrogen and oxygen atoms in total. The molecule has 0 amide bonds. The summed E-state index contributed by atoms with van der Waals surface area (Å²) in [5, 5.41) is 0.708. The summed E-state index contributed by atoms with van der Waals surface area (Å²) in [6.45, 7) is 0. The maximum absolute atomic E-state index is 5.82. The number of rotatable bonds is 2. The van der Waals surface area contributed by atoms with Gasteiger partial charge < -0.3 is 4.74 Å². The Morgan fingerprint density at radius 3 is 2.59 bits per heavy atom. The Bertz CT molecular complexity index is 575. The minimum Gasteiger partial charge on any atom is -0.457 e. The SMILES string of the molecule is Clc1ccc(Oc2ccc3c(c2)CC=N3)cc1. The molecule has 3 heteroatoms. The molecule has 0 aliphatic carbocycles. The molecule has 84 valence electrons. The van der Waals surface area contributed by atoms with E-state index in [2.05, 4.69) is 4.99 Å². The van der Waals surface area contributed by atoms with Crippen LogP contribution >= 0.6 is 11.6 Å². The third-order valence-electron chi connectivity index (χ3n) is 2.64. The molecule has 0 N–H and O–H groups in total. The first-order valence-corrected chi connectivity index (χ1v) is 5.78. The molecule has 1 aliphatic rings. The molecule has 0 unspecified atom stereocenters. The predicted octanol–water partition coefficient (Wildman–Crippen LogP) is 4.39. The standard InChI is InChI=1S/C14H10ClNO/c15-11-1-3-12(4-2-11)17-13-5-6-14-10(9-13)7-8-16-14/h1-6,8-9H,7H2. The van der Waals surface area contributed by atoms with Crippen LogP contribution in [0.25, 0.3) is 0 Å². The highest BCUT2D eigenvalue weighted by molar-refractivity contribution is 6.30. The summed E-state index contributed by atoms with van der Waals surface area (Å²) in [7, 11) is 0. The van der Waals surface area contributed by atoms with Crippen molar-refractivity contribution in [3.05, 3.63) is 53.1 Å². The van der Waals surface area contributed by atoms with Gasteiger partial charge in [-0.1, -0.05) is 11.6 Å². The van der Waals surface area contributed by atoms with E-state index in [1.54, 1.807) is 0 Å². The summed E-state index contributed by atoms with van der Waals surface area (Å²) in [5.74, 6) is 1.62. The van der Waals surface area contributed by atoms with Crippen molar-refractivity contribution in [3.8, 4) is 11.5 Å². The summed E-state index contributed by atoms with van der Waals surface area (Å²) in [4.78, 5) is 4.26. The zero-order valence-corrected chi connectivity index (χ0v) is 9.82. The molecule has 0 saturated carbocycles. The Morgan fingerprint density at radius 2 is 1.76 bits per heavy atom. The molecule has 1 aliphatic heterocycles. The molecule has 0 aromatic heterocycles. The number of hydrogen-bond acceptors (Lipinski definition) is 2. The van der Waals surface area contributed by atoms with Crippen LogP contribution < -0.4 is 4.74 Å². The average molecular weight is 244 g/mol. The molecule has 17 heavy (non-hydrogen) atoms. The fraction of sp³-hybridized carbons (Fsp3) is 0.0714. The predicted molar refractivity (Wildman–Crippen MR) is 69.8 cm³/mol. The third kappa shape index (κ3) is 2.17. The van der Waals surface area contributed by atoms with E-state index in [0.717, 1.165) is 23.6 Å². The van der Waals surface area contributed by atoms with E-state index in [-0.39, 0.29) is 0 Å². The Morgan fingerprint density at radius 1 is 1.00 bits per heavy atom. The summed E-state index contributed by atoms with van der Waals surface area (Å²) in [5.41, 5.74) is 2.24. The quantitative estimate of drug-likeness (QED) is 0.767. The third-order valence-corrected chi connectivity index (χ3v) is 2.89. The second-order valence-corrected chi connectivity index (χ2v) is 4.30. The van der Waals surface area contributed by atoms with Gasteiger partial charge >= 0.3 is 0 Å². The van der Waals surface area contributed by atoms with Crippen LogP contribution in [0.1, 0.15) is 5.56 Å². The van der Waals surface area contributed by atoms with Crippen LogP contribution in [0.5, 0.6) is 11.5 Å². The molecule has 1 heterocycles. The van der Waals surface area contributed by atoms with E-state index in [1.807, 2.05) is 48.7 Å². The van der Waals surface area contributed by atoms with Crippen molar-refractivity contribution in [3.63, 3.8) is 0 Å². The normalized spacial score (nSPS) is 12.5. The molecule has 0 atom stereocenters. The number of hydrogen-bond donors (Lipinski definition) is 0. The molecule has 0 spiro atoms. The zero-order valence-electron chi connectivity index (χ0n) is 9.06. The van der Waals surface area contributed by atoms with Gasteiger partial charge in [0, 0.05) is 17.7 Å². The lowest BCUT2D eigenvalue weighted by atomic mass is 10.1. The molecule has 0 fully saturated rings. The highest BCUT2D eigenvalue weighted by Gasteiger charge is 2.07. The Labute approximate surface area is 105 Å². The molecule has 2 aromatic carbocycles. The van der Waals surface area contributed by atoms with Crippen LogP contribution in [0.4, 0.5) is 5.69 Å². The van der Waals surface area contributed by atoms with Gasteiger partial charge in [-0.05, 0) is 48.0 Å². The smallest absolute Gasteiger partial charge is 0.127 e. The lowest BCUT2D eigenvalue weighted by Gasteiger charge is -2.07. The number of fused-ring (bicyclic) bond motifs is 1. The van der Waals surface area contributed by atoms with Crippen molar-refractivity contribution >= 4 is 23.5 Å². The second kappa shape index (κ2) is 4.22. The number of nitrogens with zero attached hydrogens (tertiary/aromatic N) is 1. The first-order valence-electron chi connectivity index (χ1n) is 5.40. The lowest BCUT2D eigenvalue weighted by molar-refractivity contribution is 0.482. The maximum atomic E-state index is 5.82. The Kier molecular flexibility index (Phi) is 2.57. The van der Waals surface area contributed by atoms with Gasteiger partial charge in [0.1, 0.15) is 11.5 Å². The zero-order chi connectivity index (χ0) is 11.7. The van der Waals surface area contributed by atoms with E-state index < -0.39 is 0 Å². The van der Waals surface area contributed by atoms with E-state index in [0.29, 0.717) is 5.02 Å². The monoisotopic (exact) mass is 243 g/mol. The van der Waals surface area contributed by atoms with Gasteiger partial charge in [-0.3, -0.25) is 4.99 Å². The Hall–Kier alpha value is -1.80. The summed E-state index contributed by atoms with van der Waals surface area (Å²) in [6.07, 6.45) is 2.80. The molecule has 3 rings (SSSR count). The lowest BCUT2D eigenvalue weighted by Crippen LogP contribution is -1.86. The molecular weight excluding hydrogens is 234 g/mol. The Balaban J connectivity index is 1.84. The fourth-order valence-electron chi connectivity index (χ4n) is 1.80. The second-order valence-electron chi connectivity index (χ2n) is 3.86. The molecule has 0 radical (unpaired) electrons. The van der Waals surface area contributed by atoms with Crippen molar-refractivity contribution in [2.45, 2.75) is 6.42 Å².